The number of imidazole rings is 1. The summed E-state index contributed by atoms with van der Waals surface area (Å²) in [7, 11) is 1.99. The van der Waals surface area contributed by atoms with Crippen LogP contribution in [0.3, 0.4) is 0 Å². The summed E-state index contributed by atoms with van der Waals surface area (Å²) in [5.41, 5.74) is 3.54. The maximum Gasteiger partial charge on any atom is 0.329 e. The highest BCUT2D eigenvalue weighted by molar-refractivity contribution is 6.18. The Morgan fingerprint density at radius 2 is 1.76 bits per heavy atom. The lowest BCUT2D eigenvalue weighted by Gasteiger charge is -2.24. The number of anilines is 1. The van der Waals surface area contributed by atoms with Gasteiger partial charge in [-0.05, 0) is 70.3 Å². The van der Waals surface area contributed by atoms with Crippen LogP contribution in [0.25, 0.3) is 11.0 Å². The van der Waals surface area contributed by atoms with Crippen molar-refractivity contribution in [2.45, 2.75) is 71.1 Å². The monoisotopic (exact) mass is 617 g/mol. The number of hydrogen-bond acceptors (Lipinski definition) is 6. The largest absolute Gasteiger partial charge is 0.458 e. The van der Waals surface area contributed by atoms with Crippen molar-refractivity contribution in [3.8, 4) is 0 Å². The van der Waals surface area contributed by atoms with Crippen LogP contribution < -0.4 is 15.5 Å². The lowest BCUT2D eigenvalue weighted by Crippen LogP contribution is -2.44. The van der Waals surface area contributed by atoms with E-state index >= 15 is 0 Å². The quantitative estimate of drug-likeness (QED) is 0.117. The summed E-state index contributed by atoms with van der Waals surface area (Å²) in [5, 5.41) is 6.32. The predicted molar refractivity (Wildman–Crippen MR) is 172 cm³/mol. The normalized spacial score (nSPS) is 12.3. The number of halogens is 2. The molecule has 1 atom stereocenters. The Hall–Kier alpha value is -2.81. The number of esters is 1. The minimum Gasteiger partial charge on any atom is -0.458 e. The molecule has 8 nitrogen and oxygen atoms in total. The summed E-state index contributed by atoms with van der Waals surface area (Å²) in [6.45, 7) is 8.40. The zero-order valence-electron chi connectivity index (χ0n) is 25.3. The van der Waals surface area contributed by atoms with E-state index in [-0.39, 0.29) is 5.91 Å². The first kappa shape index (κ1) is 33.7. The third kappa shape index (κ3) is 10.8. The molecule has 42 heavy (non-hydrogen) atoms. The van der Waals surface area contributed by atoms with E-state index in [1.807, 2.05) is 46.0 Å². The van der Waals surface area contributed by atoms with E-state index in [0.29, 0.717) is 50.5 Å². The Morgan fingerprint density at radius 3 is 2.43 bits per heavy atom. The third-order valence-electron chi connectivity index (χ3n) is 6.88. The van der Waals surface area contributed by atoms with Crippen LogP contribution in [-0.4, -0.2) is 64.5 Å². The number of rotatable bonds is 17. The number of carbonyl (C=O) groups excluding carboxylic acids is 2. The van der Waals surface area contributed by atoms with Crippen molar-refractivity contribution < 1.29 is 14.3 Å². The average molecular weight is 619 g/mol. The van der Waals surface area contributed by atoms with E-state index < -0.39 is 17.6 Å². The SMILES string of the molecule is Cn1c(CCCC(=O)N[C@@H](CCCNCc2ccccc2)C(=O)OC(C)(C)C)nc2cc(N(CCCl)CCCl)ccc21. The summed E-state index contributed by atoms with van der Waals surface area (Å²) < 4.78 is 7.67. The standard InChI is InChI=1S/C32H45Cl2N5O3/c1-32(2,3)42-31(41)26(12-9-19-35-23-24-10-6-5-7-11-24)37-30(40)14-8-13-29-36-27-22-25(15-16-28(27)38(29)4)39(20-17-33)21-18-34/h5-7,10-11,15-16,22,26,35H,8-9,12-14,17-21,23H2,1-4H3,(H,37,40)/t26-/m0/s1. The molecule has 0 bridgehead atoms. The fourth-order valence-electron chi connectivity index (χ4n) is 4.79. The summed E-state index contributed by atoms with van der Waals surface area (Å²) >= 11 is 12.0. The van der Waals surface area contributed by atoms with Gasteiger partial charge in [-0.25, -0.2) is 9.78 Å². The van der Waals surface area contributed by atoms with E-state index in [4.69, 9.17) is 32.9 Å². The van der Waals surface area contributed by atoms with Crippen LogP contribution in [-0.2, 0) is 34.3 Å². The van der Waals surface area contributed by atoms with Gasteiger partial charge in [0.15, 0.2) is 0 Å². The Bertz CT molecular complexity index is 1270. The topological polar surface area (TPSA) is 88.5 Å². The molecule has 0 aliphatic carbocycles. The molecule has 2 N–H and O–H groups in total. The first-order valence-electron chi connectivity index (χ1n) is 14.7. The van der Waals surface area contributed by atoms with E-state index in [2.05, 4.69) is 50.4 Å². The van der Waals surface area contributed by atoms with Crippen molar-refractivity contribution >= 4 is 51.8 Å². The minimum atomic E-state index is -0.687. The highest BCUT2D eigenvalue weighted by atomic mass is 35.5. The van der Waals surface area contributed by atoms with Crippen molar-refractivity contribution in [2.24, 2.45) is 7.05 Å². The molecule has 230 valence electrons. The van der Waals surface area contributed by atoms with E-state index in [1.165, 1.54) is 5.56 Å². The zero-order chi connectivity index (χ0) is 30.5. The number of fused-ring (bicyclic) bond motifs is 1. The number of ether oxygens (including phenoxy) is 1. The van der Waals surface area contributed by atoms with Crippen molar-refractivity contribution in [3.63, 3.8) is 0 Å². The van der Waals surface area contributed by atoms with Crippen LogP contribution in [0.15, 0.2) is 48.5 Å². The molecule has 1 amide bonds. The molecule has 1 heterocycles. The van der Waals surface area contributed by atoms with E-state index in [0.717, 1.165) is 42.1 Å². The van der Waals surface area contributed by atoms with Gasteiger partial charge in [-0.3, -0.25) is 4.79 Å². The first-order chi connectivity index (χ1) is 20.1. The molecule has 1 aromatic heterocycles. The number of hydrogen-bond donors (Lipinski definition) is 2. The molecule has 3 aromatic rings. The van der Waals surface area contributed by atoms with Gasteiger partial charge in [-0.1, -0.05) is 30.3 Å². The van der Waals surface area contributed by atoms with Crippen LogP contribution in [0.2, 0.25) is 0 Å². The van der Waals surface area contributed by atoms with Gasteiger partial charge in [0.1, 0.15) is 17.5 Å². The van der Waals surface area contributed by atoms with Crippen LogP contribution in [0.5, 0.6) is 0 Å². The molecule has 2 aromatic carbocycles. The molecule has 0 saturated carbocycles. The van der Waals surface area contributed by atoms with Crippen molar-refractivity contribution in [3.05, 3.63) is 59.9 Å². The van der Waals surface area contributed by atoms with Crippen LogP contribution in [0.1, 0.15) is 57.8 Å². The Labute approximate surface area is 260 Å². The molecule has 0 aliphatic rings. The fourth-order valence-corrected chi connectivity index (χ4v) is 5.20. The highest BCUT2D eigenvalue weighted by Gasteiger charge is 2.26. The maximum atomic E-state index is 12.9. The van der Waals surface area contributed by atoms with Gasteiger partial charge in [0, 0.05) is 57.0 Å². The van der Waals surface area contributed by atoms with Crippen LogP contribution in [0.4, 0.5) is 5.69 Å². The van der Waals surface area contributed by atoms with E-state index in [9.17, 15) is 9.59 Å². The lowest BCUT2D eigenvalue weighted by molar-refractivity contribution is -0.158. The van der Waals surface area contributed by atoms with Crippen molar-refractivity contribution in [1.82, 2.24) is 20.2 Å². The molecule has 0 fully saturated rings. The zero-order valence-corrected chi connectivity index (χ0v) is 26.8. The second-order valence-electron chi connectivity index (χ2n) is 11.4. The Morgan fingerprint density at radius 1 is 1.05 bits per heavy atom. The summed E-state index contributed by atoms with van der Waals surface area (Å²) in [5.74, 6) is 1.38. The summed E-state index contributed by atoms with van der Waals surface area (Å²) in [4.78, 5) is 32.8. The number of benzene rings is 2. The summed E-state index contributed by atoms with van der Waals surface area (Å²) in [6.07, 6.45) is 2.77. The molecule has 0 unspecified atom stereocenters. The highest BCUT2D eigenvalue weighted by Crippen LogP contribution is 2.23. The van der Waals surface area contributed by atoms with Gasteiger partial charge >= 0.3 is 5.97 Å². The van der Waals surface area contributed by atoms with Gasteiger partial charge in [0.25, 0.3) is 0 Å². The Kier molecular flexibility index (Phi) is 13.4. The van der Waals surface area contributed by atoms with Crippen molar-refractivity contribution in [1.29, 1.82) is 0 Å². The minimum absolute atomic E-state index is 0.165. The number of carbonyl (C=O) groups is 2. The number of nitrogens with zero attached hydrogens (tertiary/aromatic N) is 3. The number of alkyl halides is 2. The number of nitrogens with one attached hydrogen (secondary N) is 2. The number of aryl methyl sites for hydroxylation is 2. The van der Waals surface area contributed by atoms with Gasteiger partial charge in [0.2, 0.25) is 5.91 Å². The molecule has 3 rings (SSSR count). The maximum absolute atomic E-state index is 12.9. The molecule has 0 radical (unpaired) electrons. The van der Waals surface area contributed by atoms with Gasteiger partial charge in [-0.15, -0.1) is 23.2 Å². The van der Waals surface area contributed by atoms with Gasteiger partial charge in [0.05, 0.1) is 11.0 Å². The number of amides is 1. The lowest BCUT2D eigenvalue weighted by atomic mass is 10.1. The first-order valence-corrected chi connectivity index (χ1v) is 15.8. The molecule has 0 aliphatic heterocycles. The summed E-state index contributed by atoms with van der Waals surface area (Å²) in [6, 6.07) is 15.7. The van der Waals surface area contributed by atoms with Crippen LogP contribution in [0, 0.1) is 0 Å². The fraction of sp³-hybridized carbons (Fsp3) is 0.531. The number of aromatic nitrogens is 2. The molecular weight excluding hydrogens is 573 g/mol. The Balaban J connectivity index is 1.54. The van der Waals surface area contributed by atoms with Gasteiger partial charge < -0.3 is 24.8 Å². The average Bonchev–Trinajstić information content (AvgIpc) is 3.26. The second-order valence-corrected chi connectivity index (χ2v) is 12.2. The van der Waals surface area contributed by atoms with Crippen LogP contribution >= 0.6 is 23.2 Å². The molecule has 0 spiro atoms. The molecule has 0 saturated heterocycles. The molecule has 10 heteroatoms. The predicted octanol–water partition coefficient (Wildman–Crippen LogP) is 5.58. The van der Waals surface area contributed by atoms with Gasteiger partial charge in [-0.2, -0.15) is 0 Å². The van der Waals surface area contributed by atoms with E-state index in [1.54, 1.807) is 0 Å². The molecular formula is C32H45Cl2N5O3. The second kappa shape index (κ2) is 16.7. The third-order valence-corrected chi connectivity index (χ3v) is 7.22. The smallest absolute Gasteiger partial charge is 0.329 e. The van der Waals surface area contributed by atoms with Crippen molar-refractivity contribution in [2.75, 3.05) is 36.3 Å².